The topological polar surface area (TPSA) is 117 Å². The Morgan fingerprint density at radius 2 is 1.93 bits per heavy atom. The fourth-order valence-corrected chi connectivity index (χ4v) is 2.77. The summed E-state index contributed by atoms with van der Waals surface area (Å²) in [6.07, 6.45) is -0.145. The third-order valence-electron chi connectivity index (χ3n) is 4.19. The summed E-state index contributed by atoms with van der Waals surface area (Å²) in [6.45, 7) is 7.41. The number of carbonyl (C=O) groups excluding carboxylic acids is 2. The van der Waals surface area contributed by atoms with Gasteiger partial charge in [-0.2, -0.15) is 0 Å². The van der Waals surface area contributed by atoms with E-state index < -0.39 is 34.7 Å². The summed E-state index contributed by atoms with van der Waals surface area (Å²) in [4.78, 5) is 34.8. The second-order valence-corrected chi connectivity index (χ2v) is 7.60. The van der Waals surface area contributed by atoms with Gasteiger partial charge in [0.15, 0.2) is 0 Å². The van der Waals surface area contributed by atoms with Crippen molar-refractivity contribution >= 4 is 17.7 Å². The largest absolute Gasteiger partial charge is 0.456 e. The molecule has 1 aromatic carbocycles. The highest BCUT2D eigenvalue weighted by molar-refractivity contribution is 5.89. The highest BCUT2D eigenvalue weighted by Crippen LogP contribution is 2.22. The Kier molecular flexibility index (Phi) is 6.95. The maximum atomic E-state index is 12.5. The molecule has 0 radical (unpaired) electrons. The zero-order chi connectivity index (χ0) is 20.9. The SMILES string of the molecule is CC[C@@H]1C[C@H](OC(=O)c2ccc([N+](=O)[O-])cc2)[C@@H](NC(=O)OC(C)(C)C)CO1. The number of alkyl carbamates (subject to hydrolysis) is 1. The van der Waals surface area contributed by atoms with E-state index in [4.69, 9.17) is 14.2 Å². The van der Waals surface area contributed by atoms with Crippen molar-refractivity contribution in [1.29, 1.82) is 0 Å². The smallest absolute Gasteiger partial charge is 0.408 e. The van der Waals surface area contributed by atoms with Gasteiger partial charge in [-0.05, 0) is 39.3 Å². The lowest BCUT2D eigenvalue weighted by molar-refractivity contribution is -0.384. The molecule has 3 atom stereocenters. The molecule has 2 rings (SSSR count). The first-order chi connectivity index (χ1) is 13.1. The van der Waals surface area contributed by atoms with Crippen molar-refractivity contribution < 1.29 is 28.7 Å². The van der Waals surface area contributed by atoms with Crippen LogP contribution in [0.1, 0.15) is 50.9 Å². The van der Waals surface area contributed by atoms with Crippen LogP contribution in [0.25, 0.3) is 0 Å². The van der Waals surface area contributed by atoms with E-state index >= 15 is 0 Å². The van der Waals surface area contributed by atoms with E-state index in [2.05, 4.69) is 5.32 Å². The van der Waals surface area contributed by atoms with Crippen molar-refractivity contribution in [3.05, 3.63) is 39.9 Å². The summed E-state index contributed by atoms with van der Waals surface area (Å²) in [5.41, 5.74) is -0.574. The molecule has 9 nitrogen and oxygen atoms in total. The van der Waals surface area contributed by atoms with Crippen LogP contribution in [0.4, 0.5) is 10.5 Å². The van der Waals surface area contributed by atoms with Crippen molar-refractivity contribution in [2.45, 2.75) is 64.4 Å². The van der Waals surface area contributed by atoms with Gasteiger partial charge in [0.05, 0.1) is 29.2 Å². The number of nitro benzene ring substituents is 1. The molecule has 0 aromatic heterocycles. The molecule has 0 aliphatic carbocycles. The summed E-state index contributed by atoms with van der Waals surface area (Å²) in [5, 5.41) is 13.4. The normalized spacial score (nSPS) is 22.2. The average molecular weight is 394 g/mol. The van der Waals surface area contributed by atoms with Crippen LogP contribution in [0.5, 0.6) is 0 Å². The van der Waals surface area contributed by atoms with E-state index in [9.17, 15) is 19.7 Å². The number of hydrogen-bond donors (Lipinski definition) is 1. The van der Waals surface area contributed by atoms with Crippen molar-refractivity contribution in [2.75, 3.05) is 6.61 Å². The standard InChI is InChI=1S/C19H26N2O7/c1-5-14-10-16(15(11-26-14)20-18(23)28-19(2,3)4)27-17(22)12-6-8-13(9-7-12)21(24)25/h6-9,14-16H,5,10-11H2,1-4H3,(H,20,23)/t14-,15+,16+/m1/s1. The molecule has 9 heteroatoms. The predicted octanol–water partition coefficient (Wildman–Crippen LogP) is 3.21. The quantitative estimate of drug-likeness (QED) is 0.463. The van der Waals surface area contributed by atoms with Crippen molar-refractivity contribution in [3.8, 4) is 0 Å². The van der Waals surface area contributed by atoms with Crippen molar-refractivity contribution in [3.63, 3.8) is 0 Å². The first kappa shape index (κ1) is 21.6. The van der Waals surface area contributed by atoms with Gasteiger partial charge < -0.3 is 19.5 Å². The van der Waals surface area contributed by atoms with E-state index in [1.807, 2.05) is 6.92 Å². The molecule has 0 bridgehead atoms. The summed E-state index contributed by atoms with van der Waals surface area (Å²) in [7, 11) is 0. The van der Waals surface area contributed by atoms with Gasteiger partial charge in [0.25, 0.3) is 5.69 Å². The summed E-state index contributed by atoms with van der Waals surface area (Å²) >= 11 is 0. The number of ether oxygens (including phenoxy) is 3. The molecule has 1 amide bonds. The molecule has 0 spiro atoms. The number of nitrogens with one attached hydrogen (secondary N) is 1. The molecule has 1 aliphatic rings. The Hall–Kier alpha value is -2.68. The number of amides is 1. The number of hydrogen-bond acceptors (Lipinski definition) is 7. The molecule has 1 aliphatic heterocycles. The lowest BCUT2D eigenvalue weighted by Crippen LogP contribution is -2.54. The van der Waals surface area contributed by atoms with Gasteiger partial charge in [-0.25, -0.2) is 9.59 Å². The van der Waals surface area contributed by atoms with Gasteiger partial charge in [0.1, 0.15) is 11.7 Å². The number of carbonyl (C=O) groups is 2. The van der Waals surface area contributed by atoms with Crippen molar-refractivity contribution in [1.82, 2.24) is 5.32 Å². The Balaban J connectivity index is 2.07. The summed E-state index contributed by atoms with van der Waals surface area (Å²) in [6, 6.07) is 4.61. The number of nitrogens with zero attached hydrogens (tertiary/aromatic N) is 1. The van der Waals surface area contributed by atoms with E-state index in [0.717, 1.165) is 6.42 Å². The van der Waals surface area contributed by atoms with Gasteiger partial charge in [-0.3, -0.25) is 10.1 Å². The predicted molar refractivity (Wildman–Crippen MR) is 100 cm³/mol. The molecule has 0 unspecified atom stereocenters. The van der Waals surface area contributed by atoms with Crippen LogP contribution in [0.2, 0.25) is 0 Å². The molecule has 0 saturated carbocycles. The minimum atomic E-state index is -0.656. The third-order valence-corrected chi connectivity index (χ3v) is 4.19. The Morgan fingerprint density at radius 1 is 1.29 bits per heavy atom. The molecule has 1 fully saturated rings. The highest BCUT2D eigenvalue weighted by Gasteiger charge is 2.35. The summed E-state index contributed by atoms with van der Waals surface area (Å²) in [5.74, 6) is -0.618. The highest BCUT2D eigenvalue weighted by atomic mass is 16.6. The minimum Gasteiger partial charge on any atom is -0.456 e. The van der Waals surface area contributed by atoms with E-state index in [-0.39, 0.29) is 24.0 Å². The second kappa shape index (κ2) is 9.01. The average Bonchev–Trinajstić information content (AvgIpc) is 2.61. The lowest BCUT2D eigenvalue weighted by Gasteiger charge is -2.36. The molecule has 28 heavy (non-hydrogen) atoms. The zero-order valence-corrected chi connectivity index (χ0v) is 16.5. The first-order valence-electron chi connectivity index (χ1n) is 9.15. The molecule has 1 heterocycles. The van der Waals surface area contributed by atoms with E-state index in [1.54, 1.807) is 20.8 Å². The molecular weight excluding hydrogens is 368 g/mol. The first-order valence-corrected chi connectivity index (χ1v) is 9.15. The van der Waals surface area contributed by atoms with Crippen LogP contribution in [0.3, 0.4) is 0 Å². The van der Waals surface area contributed by atoms with Gasteiger partial charge in [0.2, 0.25) is 0 Å². The van der Waals surface area contributed by atoms with Gasteiger partial charge >= 0.3 is 12.1 Å². The number of esters is 1. The maximum absolute atomic E-state index is 12.5. The molecule has 1 N–H and O–H groups in total. The molecular formula is C19H26N2O7. The zero-order valence-electron chi connectivity index (χ0n) is 16.5. The minimum absolute atomic E-state index is 0.0913. The van der Waals surface area contributed by atoms with Crippen molar-refractivity contribution in [2.24, 2.45) is 0 Å². The monoisotopic (exact) mass is 394 g/mol. The number of benzene rings is 1. The number of rotatable bonds is 5. The van der Waals surface area contributed by atoms with Crippen LogP contribution in [-0.2, 0) is 14.2 Å². The van der Waals surface area contributed by atoms with Crippen LogP contribution in [0, 0.1) is 10.1 Å². The van der Waals surface area contributed by atoms with Gasteiger partial charge in [-0.15, -0.1) is 0 Å². The fourth-order valence-electron chi connectivity index (χ4n) is 2.77. The van der Waals surface area contributed by atoms with Crippen LogP contribution >= 0.6 is 0 Å². The number of nitro groups is 1. The lowest BCUT2D eigenvalue weighted by atomic mass is 9.99. The second-order valence-electron chi connectivity index (χ2n) is 7.60. The van der Waals surface area contributed by atoms with Gasteiger partial charge in [0, 0.05) is 18.6 Å². The fraction of sp³-hybridized carbons (Fsp3) is 0.579. The van der Waals surface area contributed by atoms with E-state index in [0.29, 0.717) is 6.42 Å². The molecule has 154 valence electrons. The Bertz CT molecular complexity index is 712. The van der Waals surface area contributed by atoms with E-state index in [1.165, 1.54) is 24.3 Å². The number of non-ortho nitro benzene ring substituents is 1. The Labute approximate surface area is 163 Å². The molecule has 1 saturated heterocycles. The van der Waals surface area contributed by atoms with Crippen LogP contribution in [0.15, 0.2) is 24.3 Å². The summed E-state index contributed by atoms with van der Waals surface area (Å²) < 4.78 is 16.5. The third kappa shape index (κ3) is 6.19. The van der Waals surface area contributed by atoms with Crippen LogP contribution in [-0.4, -0.2) is 47.4 Å². The Morgan fingerprint density at radius 3 is 2.46 bits per heavy atom. The van der Waals surface area contributed by atoms with Crippen LogP contribution < -0.4 is 5.32 Å². The maximum Gasteiger partial charge on any atom is 0.408 e. The van der Waals surface area contributed by atoms with Gasteiger partial charge in [-0.1, -0.05) is 6.92 Å². The molecule has 1 aromatic rings.